The number of isothiocyanates is 1. The minimum Gasteiger partial charge on any atom is -0.466 e. The molecule has 0 heterocycles. The van der Waals surface area contributed by atoms with Crippen molar-refractivity contribution in [2.24, 2.45) is 10.9 Å². The van der Waals surface area contributed by atoms with Gasteiger partial charge < -0.3 is 4.74 Å². The van der Waals surface area contributed by atoms with Crippen LogP contribution in [0.25, 0.3) is 0 Å². The molecular weight excluding hydrogens is 222 g/mol. The van der Waals surface area contributed by atoms with Crippen molar-refractivity contribution in [3.63, 3.8) is 0 Å². The van der Waals surface area contributed by atoms with Crippen LogP contribution in [0.15, 0.2) is 4.99 Å². The van der Waals surface area contributed by atoms with Gasteiger partial charge in [0, 0.05) is 0 Å². The van der Waals surface area contributed by atoms with Crippen LogP contribution in [-0.4, -0.2) is 23.8 Å². The molecule has 0 bridgehead atoms. The zero-order valence-corrected chi connectivity index (χ0v) is 10.6. The zero-order valence-electron chi connectivity index (χ0n) is 9.78. The minimum absolute atomic E-state index is 0.0168. The summed E-state index contributed by atoms with van der Waals surface area (Å²) in [6, 6.07) is -0.0168. The first-order chi connectivity index (χ1) is 7.77. The molecule has 1 aliphatic rings. The van der Waals surface area contributed by atoms with Crippen LogP contribution in [0.2, 0.25) is 0 Å². The molecule has 0 aromatic heterocycles. The Morgan fingerprint density at radius 3 is 2.75 bits per heavy atom. The Kier molecular flexibility index (Phi) is 6.27. The highest BCUT2D eigenvalue weighted by molar-refractivity contribution is 7.78. The molecule has 0 N–H and O–H groups in total. The number of hydrogen-bond acceptors (Lipinski definition) is 4. The quantitative estimate of drug-likeness (QED) is 0.422. The number of rotatable bonds is 5. The van der Waals surface area contributed by atoms with E-state index in [9.17, 15) is 4.79 Å². The first kappa shape index (κ1) is 13.3. The summed E-state index contributed by atoms with van der Waals surface area (Å²) in [5.74, 6) is 0.306. The fraction of sp³-hybridized carbons (Fsp3) is 0.833. The molecule has 1 saturated carbocycles. The van der Waals surface area contributed by atoms with Crippen molar-refractivity contribution in [3.8, 4) is 0 Å². The van der Waals surface area contributed by atoms with Gasteiger partial charge in [0.25, 0.3) is 0 Å². The summed E-state index contributed by atoms with van der Waals surface area (Å²) in [6.07, 6.45) is 6.40. The molecule has 16 heavy (non-hydrogen) atoms. The summed E-state index contributed by atoms with van der Waals surface area (Å²) >= 11 is 4.65. The van der Waals surface area contributed by atoms with E-state index in [-0.39, 0.29) is 12.0 Å². The normalized spacial score (nSPS) is 18.6. The van der Waals surface area contributed by atoms with E-state index in [1.807, 2.05) is 6.92 Å². The SMILES string of the molecule is CCOC(=O)CC(N=C=S)C1CCCCC1. The molecule has 0 aromatic carbocycles. The van der Waals surface area contributed by atoms with Crippen LogP contribution in [0, 0.1) is 5.92 Å². The van der Waals surface area contributed by atoms with Crippen molar-refractivity contribution < 1.29 is 9.53 Å². The smallest absolute Gasteiger partial charge is 0.307 e. The van der Waals surface area contributed by atoms with E-state index < -0.39 is 0 Å². The number of esters is 1. The van der Waals surface area contributed by atoms with E-state index in [2.05, 4.69) is 22.4 Å². The maximum atomic E-state index is 11.4. The first-order valence-electron chi connectivity index (χ1n) is 6.00. The van der Waals surface area contributed by atoms with Crippen LogP contribution in [0.4, 0.5) is 0 Å². The van der Waals surface area contributed by atoms with E-state index in [0.717, 1.165) is 12.8 Å². The summed E-state index contributed by atoms with van der Waals surface area (Å²) in [5, 5.41) is 2.41. The van der Waals surface area contributed by atoms with Gasteiger partial charge in [-0.3, -0.25) is 4.79 Å². The lowest BCUT2D eigenvalue weighted by atomic mass is 9.83. The average molecular weight is 241 g/mol. The Balaban J connectivity index is 2.51. The third-order valence-electron chi connectivity index (χ3n) is 3.09. The molecule has 0 amide bonds. The molecule has 90 valence electrons. The Hall–Kier alpha value is -0.730. The van der Waals surface area contributed by atoms with Crippen LogP contribution < -0.4 is 0 Å². The number of hydrogen-bond donors (Lipinski definition) is 0. The van der Waals surface area contributed by atoms with E-state index in [1.54, 1.807) is 0 Å². The first-order valence-corrected chi connectivity index (χ1v) is 6.41. The van der Waals surface area contributed by atoms with Gasteiger partial charge in [-0.2, -0.15) is 0 Å². The molecule has 0 saturated heterocycles. The monoisotopic (exact) mass is 241 g/mol. The number of aliphatic imine (C=N–C) groups is 1. The largest absolute Gasteiger partial charge is 0.466 e. The molecule has 4 heteroatoms. The lowest BCUT2D eigenvalue weighted by Crippen LogP contribution is -2.25. The van der Waals surface area contributed by atoms with Gasteiger partial charge in [-0.05, 0) is 37.9 Å². The predicted octanol–water partition coefficient (Wildman–Crippen LogP) is 2.99. The van der Waals surface area contributed by atoms with Gasteiger partial charge >= 0.3 is 5.97 Å². The Labute approximate surface area is 102 Å². The van der Waals surface area contributed by atoms with Crippen molar-refractivity contribution in [2.75, 3.05) is 6.61 Å². The van der Waals surface area contributed by atoms with Gasteiger partial charge in [0.15, 0.2) is 0 Å². The molecule has 0 aromatic rings. The maximum absolute atomic E-state index is 11.4. The molecule has 0 spiro atoms. The van der Waals surface area contributed by atoms with Crippen molar-refractivity contribution in [2.45, 2.75) is 51.5 Å². The molecule has 1 fully saturated rings. The molecule has 0 radical (unpaired) electrons. The topological polar surface area (TPSA) is 38.7 Å². The average Bonchev–Trinajstić information content (AvgIpc) is 2.30. The Morgan fingerprint density at radius 2 is 2.19 bits per heavy atom. The summed E-state index contributed by atoms with van der Waals surface area (Å²) in [7, 11) is 0. The lowest BCUT2D eigenvalue weighted by molar-refractivity contribution is -0.143. The van der Waals surface area contributed by atoms with Crippen LogP contribution in [0.5, 0.6) is 0 Å². The number of carbonyl (C=O) groups is 1. The molecule has 1 aliphatic carbocycles. The van der Waals surface area contributed by atoms with Gasteiger partial charge in [-0.15, -0.1) is 0 Å². The molecule has 3 nitrogen and oxygen atoms in total. The third kappa shape index (κ3) is 4.42. The minimum atomic E-state index is -0.174. The van der Waals surface area contributed by atoms with Crippen molar-refractivity contribution in [3.05, 3.63) is 0 Å². The number of ether oxygens (including phenoxy) is 1. The standard InChI is InChI=1S/C12H19NO2S/c1-2-15-12(14)8-11(13-9-16)10-6-4-3-5-7-10/h10-11H,2-8H2,1H3. The van der Waals surface area contributed by atoms with Crippen LogP contribution in [0.3, 0.4) is 0 Å². The van der Waals surface area contributed by atoms with E-state index in [4.69, 9.17) is 4.74 Å². The van der Waals surface area contributed by atoms with Gasteiger partial charge in [-0.25, -0.2) is 4.99 Å². The van der Waals surface area contributed by atoms with Gasteiger partial charge in [0.05, 0.1) is 24.2 Å². The van der Waals surface area contributed by atoms with Gasteiger partial charge in [-0.1, -0.05) is 19.3 Å². The molecule has 1 rings (SSSR count). The highest BCUT2D eigenvalue weighted by Gasteiger charge is 2.25. The fourth-order valence-electron chi connectivity index (χ4n) is 2.30. The molecule has 1 unspecified atom stereocenters. The van der Waals surface area contributed by atoms with Crippen LogP contribution >= 0.6 is 12.2 Å². The highest BCUT2D eigenvalue weighted by Crippen LogP contribution is 2.29. The van der Waals surface area contributed by atoms with E-state index in [0.29, 0.717) is 18.9 Å². The zero-order chi connectivity index (χ0) is 11.8. The van der Waals surface area contributed by atoms with Crippen LogP contribution in [-0.2, 0) is 9.53 Å². The lowest BCUT2D eigenvalue weighted by Gasteiger charge is -2.26. The van der Waals surface area contributed by atoms with Gasteiger partial charge in [0.1, 0.15) is 0 Å². The molecular formula is C12H19NO2S. The molecule has 0 aliphatic heterocycles. The number of thiocarbonyl (C=S) groups is 1. The second kappa shape index (κ2) is 7.53. The maximum Gasteiger partial charge on any atom is 0.307 e. The van der Waals surface area contributed by atoms with Crippen molar-refractivity contribution in [1.29, 1.82) is 0 Å². The highest BCUT2D eigenvalue weighted by atomic mass is 32.1. The van der Waals surface area contributed by atoms with Crippen LogP contribution in [0.1, 0.15) is 45.4 Å². The Bertz CT molecular complexity index is 268. The van der Waals surface area contributed by atoms with E-state index >= 15 is 0 Å². The number of nitrogens with zero attached hydrogens (tertiary/aromatic N) is 1. The summed E-state index contributed by atoms with van der Waals surface area (Å²) < 4.78 is 4.95. The summed E-state index contributed by atoms with van der Waals surface area (Å²) in [4.78, 5) is 15.6. The Morgan fingerprint density at radius 1 is 1.50 bits per heavy atom. The van der Waals surface area contributed by atoms with E-state index in [1.165, 1.54) is 19.3 Å². The van der Waals surface area contributed by atoms with Crippen molar-refractivity contribution in [1.82, 2.24) is 0 Å². The second-order valence-electron chi connectivity index (χ2n) is 4.19. The summed E-state index contributed by atoms with van der Waals surface area (Å²) in [5.41, 5.74) is 0. The predicted molar refractivity (Wildman–Crippen MR) is 66.6 cm³/mol. The molecule has 1 atom stereocenters. The summed E-state index contributed by atoms with van der Waals surface area (Å²) in [6.45, 7) is 2.24. The third-order valence-corrected chi connectivity index (χ3v) is 3.20. The van der Waals surface area contributed by atoms with Gasteiger partial charge in [0.2, 0.25) is 0 Å². The fourth-order valence-corrected chi connectivity index (χ4v) is 2.43. The number of carbonyl (C=O) groups excluding carboxylic acids is 1. The van der Waals surface area contributed by atoms with Crippen molar-refractivity contribution >= 4 is 23.3 Å². The second-order valence-corrected chi connectivity index (χ2v) is 4.38.